The predicted molar refractivity (Wildman–Crippen MR) is 46.6 cm³/mol. The predicted octanol–water partition coefficient (Wildman–Crippen LogP) is 0.508. The van der Waals surface area contributed by atoms with E-state index in [1.165, 1.54) is 24.3 Å². The van der Waals surface area contributed by atoms with Crippen LogP contribution in [0.2, 0.25) is 0 Å². The molecule has 6 heteroatoms. The molecule has 0 fully saturated rings. The number of benzene rings is 1. The normalized spacial score (nSPS) is 12.1. The largest absolute Gasteiger partial charge is 0.540 e. The molecular weight excluding hydrogens is 191 g/mol. The third kappa shape index (κ3) is 2.40. The van der Waals surface area contributed by atoms with E-state index in [0.717, 1.165) is 0 Å². The van der Waals surface area contributed by atoms with Crippen molar-refractivity contribution in [3.8, 4) is 0 Å². The van der Waals surface area contributed by atoms with Gasteiger partial charge in [-0.25, -0.2) is 9.00 Å². The van der Waals surface area contributed by atoms with Gasteiger partial charge in [0, 0.05) is 0 Å². The molecule has 0 saturated heterocycles. The van der Waals surface area contributed by atoms with Gasteiger partial charge < -0.3 is 9.21 Å². The van der Waals surface area contributed by atoms with Gasteiger partial charge in [0.25, 0.3) is 0 Å². The lowest BCUT2D eigenvalue weighted by molar-refractivity contribution is 0.0749. The fourth-order valence-corrected chi connectivity index (χ4v) is 1.22. The van der Waals surface area contributed by atoms with Crippen LogP contribution in [0.1, 0.15) is 10.4 Å². The molecular formula is C7H5BO4S. The highest BCUT2D eigenvalue weighted by atomic mass is 32.2. The Labute approximate surface area is 78.6 Å². The Hall–Kier alpha value is -1.14. The van der Waals surface area contributed by atoms with Crippen LogP contribution in [0.5, 0.6) is 0 Å². The van der Waals surface area contributed by atoms with E-state index in [2.05, 4.69) is 12.7 Å². The summed E-state index contributed by atoms with van der Waals surface area (Å²) in [6.07, 6.45) is 0. The third-order valence-electron chi connectivity index (χ3n) is 1.38. The minimum absolute atomic E-state index is 0.128. The lowest BCUT2D eigenvalue weighted by Gasteiger charge is -2.00. The molecule has 0 bridgehead atoms. The van der Waals surface area contributed by atoms with E-state index in [1.54, 1.807) is 0 Å². The molecule has 1 N–H and O–H groups in total. The molecule has 0 aliphatic carbocycles. The summed E-state index contributed by atoms with van der Waals surface area (Å²) in [6.45, 7) is 0. The van der Waals surface area contributed by atoms with E-state index in [9.17, 15) is 9.00 Å². The minimum atomic E-state index is -2.11. The Morgan fingerprint density at radius 2 is 2.23 bits per heavy atom. The molecule has 66 valence electrons. The van der Waals surface area contributed by atoms with Crippen molar-refractivity contribution in [2.45, 2.75) is 4.90 Å². The average molecular weight is 196 g/mol. The molecule has 4 nitrogen and oxygen atoms in total. The van der Waals surface area contributed by atoms with E-state index in [0.29, 0.717) is 0 Å². The fraction of sp³-hybridized carbons (Fsp3) is 0. The lowest BCUT2D eigenvalue weighted by Crippen LogP contribution is -2.02. The second kappa shape index (κ2) is 4.20. The monoisotopic (exact) mass is 196 g/mol. The smallest absolute Gasteiger partial charge is 0.378 e. The van der Waals surface area contributed by atoms with Crippen molar-refractivity contribution in [2.24, 2.45) is 0 Å². The SMILES string of the molecule is [B]OC(=O)c1cccc(S(=O)O)c1. The Morgan fingerprint density at radius 1 is 1.54 bits per heavy atom. The standard InChI is InChI=1S/C7H5BO4S/c8-12-7(9)5-2-1-3-6(4-5)13(10)11/h1-4H,(H,10,11). The highest BCUT2D eigenvalue weighted by Crippen LogP contribution is 2.08. The van der Waals surface area contributed by atoms with Crippen LogP contribution in [0.25, 0.3) is 0 Å². The Kier molecular flexibility index (Phi) is 3.22. The van der Waals surface area contributed by atoms with E-state index < -0.39 is 17.0 Å². The molecule has 0 aromatic heterocycles. The molecule has 1 aromatic rings. The molecule has 1 rings (SSSR count). The van der Waals surface area contributed by atoms with Gasteiger partial charge in [-0.3, -0.25) is 0 Å². The first-order valence-corrected chi connectivity index (χ1v) is 4.38. The van der Waals surface area contributed by atoms with Crippen LogP contribution in [0.15, 0.2) is 29.2 Å². The summed E-state index contributed by atoms with van der Waals surface area (Å²) in [5.41, 5.74) is 0.141. The molecule has 0 amide bonds. The van der Waals surface area contributed by atoms with Crippen LogP contribution in [0.4, 0.5) is 0 Å². The van der Waals surface area contributed by atoms with Crippen LogP contribution >= 0.6 is 0 Å². The zero-order valence-corrected chi connectivity index (χ0v) is 7.28. The molecule has 13 heavy (non-hydrogen) atoms. The van der Waals surface area contributed by atoms with Crippen molar-refractivity contribution in [1.82, 2.24) is 0 Å². The maximum atomic E-state index is 10.9. The summed E-state index contributed by atoms with van der Waals surface area (Å²) in [6, 6.07) is 5.57. The first kappa shape index (κ1) is 9.95. The first-order valence-electron chi connectivity index (χ1n) is 3.27. The fourth-order valence-electron chi connectivity index (χ4n) is 0.800. The molecule has 1 atom stereocenters. The highest BCUT2D eigenvalue weighted by Gasteiger charge is 2.07. The quantitative estimate of drug-likeness (QED) is 0.552. The third-order valence-corrected chi connectivity index (χ3v) is 2.04. The number of carbonyl (C=O) groups is 1. The summed E-state index contributed by atoms with van der Waals surface area (Å²) in [4.78, 5) is 11.0. The van der Waals surface area contributed by atoms with E-state index in [1.807, 2.05) is 0 Å². The number of hydrogen-bond donors (Lipinski definition) is 1. The van der Waals surface area contributed by atoms with Crippen molar-refractivity contribution < 1.29 is 18.2 Å². The first-order chi connectivity index (χ1) is 6.15. The van der Waals surface area contributed by atoms with Crippen LogP contribution in [0.3, 0.4) is 0 Å². The number of carbonyl (C=O) groups excluding carboxylic acids is 1. The minimum Gasteiger partial charge on any atom is -0.540 e. The molecule has 2 radical (unpaired) electrons. The van der Waals surface area contributed by atoms with E-state index in [4.69, 9.17) is 4.55 Å². The maximum absolute atomic E-state index is 10.9. The van der Waals surface area contributed by atoms with Crippen molar-refractivity contribution in [1.29, 1.82) is 0 Å². The van der Waals surface area contributed by atoms with Crippen molar-refractivity contribution in [3.63, 3.8) is 0 Å². The van der Waals surface area contributed by atoms with Crippen molar-refractivity contribution in [3.05, 3.63) is 29.8 Å². The Bertz CT molecular complexity index is 352. The zero-order valence-electron chi connectivity index (χ0n) is 6.47. The van der Waals surface area contributed by atoms with Gasteiger partial charge in [-0.15, -0.1) is 0 Å². The van der Waals surface area contributed by atoms with Gasteiger partial charge in [0.15, 0.2) is 11.1 Å². The van der Waals surface area contributed by atoms with Crippen molar-refractivity contribution in [2.75, 3.05) is 0 Å². The van der Waals surface area contributed by atoms with Crippen molar-refractivity contribution >= 4 is 25.1 Å². The Morgan fingerprint density at radius 3 is 2.77 bits per heavy atom. The second-order valence-corrected chi connectivity index (χ2v) is 3.15. The topological polar surface area (TPSA) is 63.6 Å². The molecule has 0 spiro atoms. The molecule has 0 aliphatic heterocycles. The average Bonchev–Trinajstić information content (AvgIpc) is 2.17. The molecule has 0 saturated carbocycles. The molecule has 1 unspecified atom stereocenters. The summed E-state index contributed by atoms with van der Waals surface area (Å²) in [7, 11) is 4.64. The second-order valence-electron chi connectivity index (χ2n) is 2.18. The van der Waals surface area contributed by atoms with Gasteiger partial charge in [-0.1, -0.05) is 6.07 Å². The Balaban J connectivity index is 3.05. The van der Waals surface area contributed by atoms with Crippen LogP contribution in [-0.2, 0) is 15.7 Å². The number of hydrogen-bond acceptors (Lipinski definition) is 3. The summed E-state index contributed by atoms with van der Waals surface area (Å²) in [5.74, 6) is -0.743. The highest BCUT2D eigenvalue weighted by molar-refractivity contribution is 7.79. The summed E-state index contributed by atoms with van der Waals surface area (Å²) < 4.78 is 23.2. The molecule has 1 aromatic carbocycles. The van der Waals surface area contributed by atoms with E-state index >= 15 is 0 Å². The maximum Gasteiger partial charge on any atom is 0.378 e. The van der Waals surface area contributed by atoms with Gasteiger partial charge in [-0.2, -0.15) is 0 Å². The van der Waals surface area contributed by atoms with Gasteiger partial charge in [0.2, 0.25) is 0 Å². The van der Waals surface area contributed by atoms with Gasteiger partial charge in [0.05, 0.1) is 10.5 Å². The zero-order chi connectivity index (χ0) is 9.84. The molecule has 0 heterocycles. The van der Waals surface area contributed by atoms with Crippen LogP contribution in [-0.4, -0.2) is 22.8 Å². The lowest BCUT2D eigenvalue weighted by atomic mass is 10.2. The summed E-state index contributed by atoms with van der Waals surface area (Å²) >= 11 is -2.11. The van der Waals surface area contributed by atoms with Crippen LogP contribution < -0.4 is 0 Å². The number of rotatable bonds is 2. The van der Waals surface area contributed by atoms with Gasteiger partial charge in [0.1, 0.15) is 0 Å². The van der Waals surface area contributed by atoms with Crippen LogP contribution in [0, 0.1) is 0 Å². The molecule has 0 aliphatic rings. The van der Waals surface area contributed by atoms with Gasteiger partial charge >= 0.3 is 14.0 Å². The van der Waals surface area contributed by atoms with E-state index in [-0.39, 0.29) is 10.5 Å². The van der Waals surface area contributed by atoms with Gasteiger partial charge in [-0.05, 0) is 18.2 Å². The summed E-state index contributed by atoms with van der Waals surface area (Å²) in [5, 5.41) is 0.